The molecule has 0 bridgehead atoms. The topological polar surface area (TPSA) is 60.4 Å². The molecule has 1 saturated carbocycles. The number of carbonyl (C=O) groups excluding carboxylic acids is 1. The summed E-state index contributed by atoms with van der Waals surface area (Å²) >= 11 is 0. The Morgan fingerprint density at radius 3 is 2.20 bits per heavy atom. The second kappa shape index (κ2) is 3.22. The van der Waals surface area contributed by atoms with Gasteiger partial charge in [0.05, 0.1) is 5.60 Å². The van der Waals surface area contributed by atoms with Crippen molar-refractivity contribution in [1.29, 1.82) is 0 Å². The second-order valence-corrected chi connectivity index (χ2v) is 2.92. The Morgan fingerprint density at radius 2 is 2.10 bits per heavy atom. The molecule has 0 amide bonds. The number of hydrogen-bond acceptors (Lipinski definition) is 3. The fourth-order valence-electron chi connectivity index (χ4n) is 1.17. The van der Waals surface area contributed by atoms with Crippen LogP contribution in [0.1, 0.15) is 19.8 Å². The first-order valence-corrected chi connectivity index (χ1v) is 2.94. The van der Waals surface area contributed by atoms with E-state index in [-0.39, 0.29) is 29.6 Å². The van der Waals surface area contributed by atoms with Crippen LogP contribution in [0.15, 0.2) is 0 Å². The van der Waals surface area contributed by atoms with Crippen LogP contribution in [0.4, 0.5) is 0 Å². The Bertz CT molecular complexity index is 136. The van der Waals surface area contributed by atoms with Gasteiger partial charge in [0.25, 0.3) is 0 Å². The Morgan fingerprint density at radius 1 is 1.70 bits per heavy atom. The molecule has 0 atom stereocenters. The fraction of sp³-hybridized carbons (Fsp3) is 0.833. The minimum Gasteiger partial charge on any atom is -0.550 e. The van der Waals surface area contributed by atoms with E-state index in [1.54, 1.807) is 6.92 Å². The molecule has 0 aromatic heterocycles. The van der Waals surface area contributed by atoms with Crippen LogP contribution in [0, 0.1) is 5.92 Å². The van der Waals surface area contributed by atoms with Crippen LogP contribution in [0.3, 0.4) is 0 Å². The number of carboxylic acids is 1. The maximum absolute atomic E-state index is 10.0. The van der Waals surface area contributed by atoms with Gasteiger partial charge in [0, 0.05) is 11.9 Å². The van der Waals surface area contributed by atoms with Crippen molar-refractivity contribution in [3.8, 4) is 0 Å². The molecular formula is C6H9NaO3. The van der Waals surface area contributed by atoms with E-state index < -0.39 is 17.5 Å². The number of carboxylic acid groups (broad SMARTS) is 1. The van der Waals surface area contributed by atoms with E-state index in [0.717, 1.165) is 0 Å². The van der Waals surface area contributed by atoms with Gasteiger partial charge < -0.3 is 15.0 Å². The maximum Gasteiger partial charge on any atom is 1.00 e. The zero-order valence-corrected chi connectivity index (χ0v) is 8.26. The van der Waals surface area contributed by atoms with Gasteiger partial charge in [-0.05, 0) is 19.8 Å². The first-order chi connectivity index (χ1) is 4.01. The zero-order chi connectivity index (χ0) is 7.07. The van der Waals surface area contributed by atoms with Crippen LogP contribution in [-0.2, 0) is 4.79 Å². The quantitative estimate of drug-likeness (QED) is 0.388. The van der Waals surface area contributed by atoms with Gasteiger partial charge in [-0.2, -0.15) is 0 Å². The molecule has 1 rings (SSSR count). The molecule has 3 nitrogen and oxygen atoms in total. The minimum atomic E-state index is -1.04. The number of aliphatic carboxylic acids is 1. The third-order valence-corrected chi connectivity index (χ3v) is 1.71. The minimum absolute atomic E-state index is 0. The van der Waals surface area contributed by atoms with Gasteiger partial charge in [0.2, 0.25) is 0 Å². The van der Waals surface area contributed by atoms with Crippen LogP contribution < -0.4 is 34.7 Å². The monoisotopic (exact) mass is 152 g/mol. The third kappa shape index (κ3) is 2.23. The molecular weight excluding hydrogens is 143 g/mol. The number of rotatable bonds is 1. The number of carbonyl (C=O) groups is 1. The van der Waals surface area contributed by atoms with Crippen LogP contribution >= 0.6 is 0 Å². The van der Waals surface area contributed by atoms with Gasteiger partial charge in [-0.3, -0.25) is 0 Å². The van der Waals surface area contributed by atoms with Crippen molar-refractivity contribution < 1.29 is 44.6 Å². The second-order valence-electron chi connectivity index (χ2n) is 2.92. The number of hydrogen-bond donors (Lipinski definition) is 1. The molecule has 1 aliphatic rings. The molecule has 52 valence electrons. The van der Waals surface area contributed by atoms with Gasteiger partial charge in [0.1, 0.15) is 0 Å². The molecule has 1 fully saturated rings. The molecule has 1 aliphatic carbocycles. The Kier molecular flexibility index (Phi) is 3.36. The summed E-state index contributed by atoms with van der Waals surface area (Å²) in [7, 11) is 0. The van der Waals surface area contributed by atoms with Gasteiger partial charge >= 0.3 is 29.6 Å². The molecule has 1 N–H and O–H groups in total. The summed E-state index contributed by atoms with van der Waals surface area (Å²) in [6, 6.07) is 0. The van der Waals surface area contributed by atoms with E-state index in [9.17, 15) is 9.90 Å². The summed E-state index contributed by atoms with van der Waals surface area (Å²) in [5.74, 6) is -1.46. The van der Waals surface area contributed by atoms with Crippen molar-refractivity contribution in [2.24, 2.45) is 5.92 Å². The smallest absolute Gasteiger partial charge is 0.550 e. The van der Waals surface area contributed by atoms with Crippen LogP contribution in [0.2, 0.25) is 0 Å². The van der Waals surface area contributed by atoms with Gasteiger partial charge in [-0.1, -0.05) is 0 Å². The van der Waals surface area contributed by atoms with Crippen molar-refractivity contribution in [1.82, 2.24) is 0 Å². The SMILES string of the molecule is CC1(O)CC(C(=O)[O-])C1.[Na+]. The fourth-order valence-corrected chi connectivity index (χ4v) is 1.17. The van der Waals surface area contributed by atoms with E-state index in [0.29, 0.717) is 12.8 Å². The average Bonchev–Trinajstić information content (AvgIpc) is 1.59. The first-order valence-electron chi connectivity index (χ1n) is 2.94. The molecule has 0 aromatic carbocycles. The van der Waals surface area contributed by atoms with Gasteiger partial charge in [-0.25, -0.2) is 0 Å². The predicted octanol–water partition coefficient (Wildman–Crippen LogP) is -4.10. The number of aliphatic hydroxyl groups is 1. The molecule has 0 saturated heterocycles. The normalized spacial score (nSPS) is 37.6. The Labute approximate surface area is 81.7 Å². The third-order valence-electron chi connectivity index (χ3n) is 1.71. The van der Waals surface area contributed by atoms with E-state index in [1.807, 2.05) is 0 Å². The molecule has 0 aromatic rings. The largest absolute Gasteiger partial charge is 1.00 e. The average molecular weight is 152 g/mol. The molecule has 0 unspecified atom stereocenters. The molecule has 0 radical (unpaired) electrons. The summed E-state index contributed by atoms with van der Waals surface area (Å²) in [4.78, 5) is 10.0. The molecule has 0 heterocycles. The summed E-state index contributed by atoms with van der Waals surface area (Å²) in [5.41, 5.74) is -0.745. The molecule has 0 aliphatic heterocycles. The Balaban J connectivity index is 0.000000810. The summed E-state index contributed by atoms with van der Waals surface area (Å²) in [6.07, 6.45) is 0.685. The maximum atomic E-state index is 10.0. The molecule has 4 heteroatoms. The van der Waals surface area contributed by atoms with Crippen LogP contribution in [0.5, 0.6) is 0 Å². The van der Waals surface area contributed by atoms with E-state index in [4.69, 9.17) is 5.11 Å². The van der Waals surface area contributed by atoms with Crippen molar-refractivity contribution in [2.75, 3.05) is 0 Å². The first kappa shape index (κ1) is 10.4. The summed E-state index contributed by atoms with van der Waals surface area (Å²) < 4.78 is 0. The van der Waals surface area contributed by atoms with E-state index in [2.05, 4.69) is 0 Å². The summed E-state index contributed by atoms with van der Waals surface area (Å²) in [5, 5.41) is 19.1. The molecule has 0 spiro atoms. The Hall–Kier alpha value is 0.430. The standard InChI is InChI=1S/C6H10O3.Na/c1-6(9)2-4(3-6)5(7)8;/h4,9H,2-3H2,1H3,(H,7,8);/q;+1/p-1. The molecule has 10 heavy (non-hydrogen) atoms. The van der Waals surface area contributed by atoms with Gasteiger partial charge in [-0.15, -0.1) is 0 Å². The van der Waals surface area contributed by atoms with Crippen LogP contribution in [0.25, 0.3) is 0 Å². The van der Waals surface area contributed by atoms with E-state index in [1.165, 1.54) is 0 Å². The van der Waals surface area contributed by atoms with Crippen molar-refractivity contribution >= 4 is 5.97 Å². The van der Waals surface area contributed by atoms with Gasteiger partial charge in [0.15, 0.2) is 0 Å². The van der Waals surface area contributed by atoms with E-state index >= 15 is 0 Å². The van der Waals surface area contributed by atoms with Crippen molar-refractivity contribution in [3.63, 3.8) is 0 Å². The van der Waals surface area contributed by atoms with Crippen molar-refractivity contribution in [3.05, 3.63) is 0 Å². The van der Waals surface area contributed by atoms with Crippen LogP contribution in [-0.4, -0.2) is 16.7 Å². The zero-order valence-electron chi connectivity index (χ0n) is 6.26. The predicted molar refractivity (Wildman–Crippen MR) is 28.4 cm³/mol. The summed E-state index contributed by atoms with van der Waals surface area (Å²) in [6.45, 7) is 1.63. The van der Waals surface area contributed by atoms with Crippen molar-refractivity contribution in [2.45, 2.75) is 25.4 Å².